The molecule has 0 bridgehead atoms. The van der Waals surface area contributed by atoms with Crippen LogP contribution < -0.4 is 5.32 Å². The summed E-state index contributed by atoms with van der Waals surface area (Å²) in [6.07, 6.45) is 5.03. The van der Waals surface area contributed by atoms with E-state index in [9.17, 15) is 14.0 Å². The molecule has 1 aromatic rings. The Morgan fingerprint density at radius 3 is 2.79 bits per heavy atom. The highest BCUT2D eigenvalue weighted by Gasteiger charge is 2.17. The average molecular weight is 285 g/mol. The Balaban J connectivity index is 2.84. The number of anilines is 1. The van der Waals surface area contributed by atoms with Gasteiger partial charge in [-0.3, -0.25) is 4.79 Å². The van der Waals surface area contributed by atoms with Crippen molar-refractivity contribution in [2.45, 2.75) is 0 Å². The normalized spacial score (nSPS) is 9.53. The SMILES string of the molecule is C#CCN(CC(=O)O)C(=O)Nc1cc(Cl)ccc1F. The van der Waals surface area contributed by atoms with Gasteiger partial charge < -0.3 is 15.3 Å². The van der Waals surface area contributed by atoms with E-state index < -0.39 is 24.4 Å². The van der Waals surface area contributed by atoms with Crippen LogP contribution in [0.1, 0.15) is 0 Å². The van der Waals surface area contributed by atoms with Crippen LogP contribution in [0.25, 0.3) is 0 Å². The van der Waals surface area contributed by atoms with Gasteiger partial charge in [0.05, 0.1) is 12.2 Å². The minimum atomic E-state index is -1.23. The number of hydrogen-bond acceptors (Lipinski definition) is 2. The fourth-order valence-electron chi connectivity index (χ4n) is 1.26. The van der Waals surface area contributed by atoms with Gasteiger partial charge in [0.1, 0.15) is 12.4 Å². The lowest BCUT2D eigenvalue weighted by Crippen LogP contribution is -2.39. The van der Waals surface area contributed by atoms with Crippen molar-refractivity contribution >= 4 is 29.3 Å². The Morgan fingerprint density at radius 1 is 1.53 bits per heavy atom. The molecule has 0 atom stereocenters. The van der Waals surface area contributed by atoms with E-state index in [1.807, 2.05) is 0 Å². The first kappa shape index (κ1) is 14.8. The van der Waals surface area contributed by atoms with E-state index >= 15 is 0 Å². The number of nitrogens with zero attached hydrogens (tertiary/aromatic N) is 1. The van der Waals surface area contributed by atoms with Gasteiger partial charge in [-0.05, 0) is 18.2 Å². The van der Waals surface area contributed by atoms with Crippen LogP contribution >= 0.6 is 11.6 Å². The molecule has 7 heteroatoms. The third kappa shape index (κ3) is 4.48. The average Bonchev–Trinajstić information content (AvgIpc) is 2.32. The summed E-state index contributed by atoms with van der Waals surface area (Å²) in [7, 11) is 0. The Morgan fingerprint density at radius 2 is 2.21 bits per heavy atom. The van der Waals surface area contributed by atoms with Gasteiger partial charge in [-0.15, -0.1) is 6.42 Å². The van der Waals surface area contributed by atoms with E-state index in [0.717, 1.165) is 11.0 Å². The Kier molecular flexibility index (Phi) is 5.15. The largest absolute Gasteiger partial charge is 0.480 e. The Labute approximate surface area is 114 Å². The molecule has 2 N–H and O–H groups in total. The summed E-state index contributed by atoms with van der Waals surface area (Å²) in [6, 6.07) is 2.80. The molecule has 0 aliphatic heterocycles. The number of amides is 2. The predicted molar refractivity (Wildman–Crippen MR) is 68.5 cm³/mol. The summed E-state index contributed by atoms with van der Waals surface area (Å²) in [4.78, 5) is 23.2. The number of hydrogen-bond donors (Lipinski definition) is 2. The lowest BCUT2D eigenvalue weighted by molar-refractivity contribution is -0.137. The third-order valence-electron chi connectivity index (χ3n) is 2.07. The van der Waals surface area contributed by atoms with Crippen LogP contribution in [0.3, 0.4) is 0 Å². The van der Waals surface area contributed by atoms with Crippen LogP contribution in [0.5, 0.6) is 0 Å². The predicted octanol–water partition coefficient (Wildman–Crippen LogP) is 2.03. The van der Waals surface area contributed by atoms with Crippen molar-refractivity contribution < 1.29 is 19.1 Å². The zero-order valence-electron chi connectivity index (χ0n) is 9.69. The van der Waals surface area contributed by atoms with Gasteiger partial charge in [0.2, 0.25) is 0 Å². The number of halogens is 2. The van der Waals surface area contributed by atoms with Crippen LogP contribution in [-0.2, 0) is 4.79 Å². The van der Waals surface area contributed by atoms with Gasteiger partial charge >= 0.3 is 12.0 Å². The first-order chi connectivity index (χ1) is 8.93. The smallest absolute Gasteiger partial charge is 0.323 e. The van der Waals surface area contributed by atoms with E-state index in [-0.39, 0.29) is 17.3 Å². The van der Waals surface area contributed by atoms with Crippen LogP contribution in [0, 0.1) is 18.2 Å². The van der Waals surface area contributed by atoms with E-state index in [1.54, 1.807) is 0 Å². The number of carboxylic acids is 1. The maximum absolute atomic E-state index is 13.4. The van der Waals surface area contributed by atoms with Crippen molar-refractivity contribution in [3.05, 3.63) is 29.0 Å². The number of nitrogens with one attached hydrogen (secondary N) is 1. The molecule has 1 rings (SSSR count). The number of carboxylic acid groups (broad SMARTS) is 1. The molecule has 19 heavy (non-hydrogen) atoms. The summed E-state index contributed by atoms with van der Waals surface area (Å²) in [6.45, 7) is -0.793. The molecule has 0 spiro atoms. The van der Waals surface area contributed by atoms with Crippen molar-refractivity contribution in [1.82, 2.24) is 4.90 Å². The lowest BCUT2D eigenvalue weighted by atomic mass is 10.3. The van der Waals surface area contributed by atoms with E-state index in [0.29, 0.717) is 0 Å². The minimum absolute atomic E-state index is 0.148. The van der Waals surface area contributed by atoms with Gasteiger partial charge in [0, 0.05) is 5.02 Å². The zero-order chi connectivity index (χ0) is 14.4. The topological polar surface area (TPSA) is 69.6 Å². The van der Waals surface area contributed by atoms with Gasteiger partial charge in [0.15, 0.2) is 0 Å². The van der Waals surface area contributed by atoms with E-state index in [2.05, 4.69) is 11.2 Å². The number of carbonyl (C=O) groups is 2. The maximum Gasteiger partial charge on any atom is 0.323 e. The highest BCUT2D eigenvalue weighted by atomic mass is 35.5. The molecule has 0 saturated carbocycles. The molecule has 0 aliphatic rings. The first-order valence-corrected chi connectivity index (χ1v) is 5.48. The van der Waals surface area contributed by atoms with E-state index in [4.69, 9.17) is 23.1 Å². The maximum atomic E-state index is 13.4. The fourth-order valence-corrected chi connectivity index (χ4v) is 1.43. The Hall–Kier alpha value is -2.26. The molecule has 0 saturated heterocycles. The fraction of sp³-hybridized carbons (Fsp3) is 0.167. The number of aliphatic carboxylic acids is 1. The van der Waals surface area contributed by atoms with Crippen molar-refractivity contribution in [3.63, 3.8) is 0 Å². The van der Waals surface area contributed by atoms with Crippen LogP contribution in [-0.4, -0.2) is 35.1 Å². The highest BCUT2D eigenvalue weighted by Crippen LogP contribution is 2.19. The molecular formula is C12H10ClFN2O3. The number of terminal acetylenes is 1. The molecular weight excluding hydrogens is 275 g/mol. The summed E-state index contributed by atoms with van der Waals surface area (Å²) in [5, 5.41) is 11.1. The first-order valence-electron chi connectivity index (χ1n) is 5.10. The van der Waals surface area contributed by atoms with Crippen molar-refractivity contribution in [3.8, 4) is 12.3 Å². The molecule has 0 heterocycles. The molecule has 2 amide bonds. The third-order valence-corrected chi connectivity index (χ3v) is 2.30. The second-order valence-corrected chi connectivity index (χ2v) is 3.94. The molecule has 0 fully saturated rings. The standard InChI is InChI=1S/C12H10ClFN2O3/c1-2-5-16(7-11(17)18)12(19)15-10-6-8(13)3-4-9(10)14/h1,3-4,6H,5,7H2,(H,15,19)(H,17,18). The van der Waals surface area contributed by atoms with Crippen LogP contribution in [0.2, 0.25) is 5.02 Å². The molecule has 100 valence electrons. The number of carbonyl (C=O) groups excluding carboxylic acids is 1. The molecule has 0 aliphatic carbocycles. The second-order valence-electron chi connectivity index (χ2n) is 3.51. The molecule has 1 aromatic carbocycles. The van der Waals surface area contributed by atoms with Crippen molar-refractivity contribution in [2.75, 3.05) is 18.4 Å². The highest BCUT2D eigenvalue weighted by molar-refractivity contribution is 6.30. The summed E-state index contributed by atoms with van der Waals surface area (Å²) >= 11 is 5.67. The van der Waals surface area contributed by atoms with Gasteiger partial charge in [-0.1, -0.05) is 17.5 Å². The molecule has 0 aromatic heterocycles. The quantitative estimate of drug-likeness (QED) is 0.831. The summed E-state index contributed by atoms with van der Waals surface area (Å²) in [5.41, 5.74) is -0.148. The molecule has 0 unspecified atom stereocenters. The monoisotopic (exact) mass is 284 g/mol. The number of rotatable bonds is 4. The lowest BCUT2D eigenvalue weighted by Gasteiger charge is -2.18. The van der Waals surface area contributed by atoms with Gasteiger partial charge in [-0.25, -0.2) is 9.18 Å². The zero-order valence-corrected chi connectivity index (χ0v) is 10.4. The molecule has 0 radical (unpaired) electrons. The minimum Gasteiger partial charge on any atom is -0.480 e. The van der Waals surface area contributed by atoms with Gasteiger partial charge in [-0.2, -0.15) is 0 Å². The van der Waals surface area contributed by atoms with E-state index in [1.165, 1.54) is 12.1 Å². The number of urea groups is 1. The van der Waals surface area contributed by atoms with Crippen LogP contribution in [0.4, 0.5) is 14.9 Å². The van der Waals surface area contributed by atoms with Crippen molar-refractivity contribution in [2.24, 2.45) is 0 Å². The summed E-state index contributed by atoms with van der Waals surface area (Å²) in [5.74, 6) is 0.236. The second kappa shape index (κ2) is 6.61. The van der Waals surface area contributed by atoms with Gasteiger partial charge in [0.25, 0.3) is 0 Å². The Bertz CT molecular complexity index is 542. The molecule has 5 nitrogen and oxygen atoms in total. The summed E-state index contributed by atoms with van der Waals surface area (Å²) < 4.78 is 13.4. The van der Waals surface area contributed by atoms with Crippen molar-refractivity contribution in [1.29, 1.82) is 0 Å². The van der Waals surface area contributed by atoms with Crippen LogP contribution in [0.15, 0.2) is 18.2 Å². The number of benzene rings is 1.